The van der Waals surface area contributed by atoms with Crippen molar-refractivity contribution in [2.75, 3.05) is 19.3 Å². The van der Waals surface area contributed by atoms with Crippen LogP contribution in [0.5, 0.6) is 0 Å². The summed E-state index contributed by atoms with van der Waals surface area (Å²) in [4.78, 5) is 0. The predicted octanol–water partition coefficient (Wildman–Crippen LogP) is 0.760. The first-order valence-electron chi connectivity index (χ1n) is 4.58. The Bertz CT molecular complexity index is 415. The van der Waals surface area contributed by atoms with Gasteiger partial charge < -0.3 is 9.73 Å². The highest BCUT2D eigenvalue weighted by Crippen LogP contribution is 2.25. The molecule has 1 unspecified atom stereocenters. The van der Waals surface area contributed by atoms with Crippen LogP contribution < -0.4 is 5.32 Å². The molecule has 1 aliphatic heterocycles. The van der Waals surface area contributed by atoms with Crippen LogP contribution >= 0.6 is 0 Å². The van der Waals surface area contributed by atoms with Crippen LogP contribution in [-0.4, -0.2) is 27.8 Å². The molecule has 1 atom stereocenters. The molecule has 0 aliphatic carbocycles. The van der Waals surface area contributed by atoms with E-state index in [4.69, 9.17) is 4.42 Å². The van der Waals surface area contributed by atoms with Crippen molar-refractivity contribution in [2.45, 2.75) is 17.4 Å². The van der Waals surface area contributed by atoms with Crippen LogP contribution in [0.15, 0.2) is 21.6 Å². The third-order valence-electron chi connectivity index (χ3n) is 2.43. The first-order valence-corrected chi connectivity index (χ1v) is 6.47. The van der Waals surface area contributed by atoms with Gasteiger partial charge in [0.2, 0.25) is 14.9 Å². The summed E-state index contributed by atoms with van der Waals surface area (Å²) in [5.41, 5.74) is 0. The van der Waals surface area contributed by atoms with Gasteiger partial charge in [0, 0.05) is 18.7 Å². The molecular formula is C9H13NO3S. The number of sulfone groups is 1. The van der Waals surface area contributed by atoms with Crippen LogP contribution in [0.3, 0.4) is 0 Å². The maximum atomic E-state index is 11.2. The zero-order valence-electron chi connectivity index (χ0n) is 7.99. The van der Waals surface area contributed by atoms with Gasteiger partial charge in [-0.25, -0.2) is 8.42 Å². The third kappa shape index (κ3) is 1.83. The molecule has 0 amide bonds. The van der Waals surface area contributed by atoms with Crippen LogP contribution in [0.4, 0.5) is 0 Å². The standard InChI is InChI=1S/C9H13NO3S/c1-14(11,12)9-3-2-8(13-9)7-4-5-10-6-7/h2-3,7,10H,4-6H2,1H3. The molecule has 0 spiro atoms. The monoisotopic (exact) mass is 215 g/mol. The van der Waals surface area contributed by atoms with Crippen LogP contribution in [0.2, 0.25) is 0 Å². The summed E-state index contributed by atoms with van der Waals surface area (Å²) in [7, 11) is -3.20. The molecule has 0 aromatic carbocycles. The number of nitrogens with one attached hydrogen (secondary N) is 1. The lowest BCUT2D eigenvalue weighted by Crippen LogP contribution is -2.07. The number of furan rings is 1. The van der Waals surface area contributed by atoms with E-state index in [1.807, 2.05) is 0 Å². The van der Waals surface area contributed by atoms with Crippen molar-refractivity contribution in [3.05, 3.63) is 17.9 Å². The first kappa shape index (κ1) is 9.73. The summed E-state index contributed by atoms with van der Waals surface area (Å²) in [5, 5.41) is 3.28. The Balaban J connectivity index is 2.25. The zero-order valence-corrected chi connectivity index (χ0v) is 8.80. The molecule has 5 heteroatoms. The molecule has 1 fully saturated rings. The summed E-state index contributed by atoms with van der Waals surface area (Å²) in [6, 6.07) is 3.29. The maximum absolute atomic E-state index is 11.2. The van der Waals surface area contributed by atoms with Crippen LogP contribution in [0.25, 0.3) is 0 Å². The third-order valence-corrected chi connectivity index (χ3v) is 3.38. The van der Waals surface area contributed by atoms with Crippen molar-refractivity contribution in [3.8, 4) is 0 Å². The molecule has 14 heavy (non-hydrogen) atoms. The fourth-order valence-corrected chi connectivity index (χ4v) is 2.21. The van der Waals surface area contributed by atoms with E-state index in [0.717, 1.165) is 31.5 Å². The fourth-order valence-electron chi connectivity index (χ4n) is 1.65. The number of hydrogen-bond donors (Lipinski definition) is 1. The molecule has 2 rings (SSSR count). The first-order chi connectivity index (χ1) is 6.57. The SMILES string of the molecule is CS(=O)(=O)c1ccc(C2CCNC2)o1. The van der Waals surface area contributed by atoms with Crippen molar-refractivity contribution >= 4 is 9.84 Å². The largest absolute Gasteiger partial charge is 0.449 e. The number of rotatable bonds is 2. The van der Waals surface area contributed by atoms with E-state index in [2.05, 4.69) is 5.32 Å². The summed E-state index contributed by atoms with van der Waals surface area (Å²) in [6.45, 7) is 1.84. The molecule has 0 radical (unpaired) electrons. The van der Waals surface area contributed by atoms with Gasteiger partial charge in [-0.05, 0) is 25.1 Å². The molecule has 0 bridgehead atoms. The normalized spacial score (nSPS) is 22.8. The second-order valence-corrected chi connectivity index (χ2v) is 5.57. The molecule has 1 aliphatic rings. The van der Waals surface area contributed by atoms with E-state index in [1.165, 1.54) is 6.07 Å². The van der Waals surface area contributed by atoms with Gasteiger partial charge in [0.1, 0.15) is 5.76 Å². The summed E-state index contributed by atoms with van der Waals surface area (Å²) < 4.78 is 27.6. The minimum Gasteiger partial charge on any atom is -0.449 e. The summed E-state index contributed by atoms with van der Waals surface area (Å²) in [6.07, 6.45) is 2.17. The summed E-state index contributed by atoms with van der Waals surface area (Å²) in [5.74, 6) is 1.10. The van der Waals surface area contributed by atoms with Crippen LogP contribution in [-0.2, 0) is 9.84 Å². The Labute approximate surface area is 83.2 Å². The van der Waals surface area contributed by atoms with Gasteiger partial charge in [0.25, 0.3) is 0 Å². The number of hydrogen-bond acceptors (Lipinski definition) is 4. The fraction of sp³-hybridized carbons (Fsp3) is 0.556. The van der Waals surface area contributed by atoms with Crippen molar-refractivity contribution < 1.29 is 12.8 Å². The smallest absolute Gasteiger partial charge is 0.217 e. The molecule has 1 N–H and O–H groups in total. The van der Waals surface area contributed by atoms with Crippen molar-refractivity contribution in [2.24, 2.45) is 0 Å². The molecule has 4 nitrogen and oxygen atoms in total. The van der Waals surface area contributed by atoms with Gasteiger partial charge in [-0.3, -0.25) is 0 Å². The van der Waals surface area contributed by atoms with Gasteiger partial charge in [-0.2, -0.15) is 0 Å². The Hall–Kier alpha value is -0.810. The molecule has 1 saturated heterocycles. The van der Waals surface area contributed by atoms with Crippen LogP contribution in [0, 0.1) is 0 Å². The Morgan fingerprint density at radius 2 is 2.29 bits per heavy atom. The highest BCUT2D eigenvalue weighted by atomic mass is 32.2. The van der Waals surface area contributed by atoms with E-state index in [-0.39, 0.29) is 5.09 Å². The second-order valence-electron chi connectivity index (χ2n) is 3.62. The van der Waals surface area contributed by atoms with Crippen molar-refractivity contribution in [1.29, 1.82) is 0 Å². The lowest BCUT2D eigenvalue weighted by atomic mass is 10.1. The van der Waals surface area contributed by atoms with Crippen molar-refractivity contribution in [1.82, 2.24) is 5.32 Å². The molecule has 1 aromatic rings. The van der Waals surface area contributed by atoms with Crippen molar-refractivity contribution in [3.63, 3.8) is 0 Å². The van der Waals surface area contributed by atoms with E-state index in [0.29, 0.717) is 5.92 Å². The Morgan fingerprint density at radius 3 is 2.79 bits per heavy atom. The van der Waals surface area contributed by atoms with Crippen LogP contribution in [0.1, 0.15) is 18.1 Å². The Morgan fingerprint density at radius 1 is 1.50 bits per heavy atom. The second kappa shape index (κ2) is 3.40. The Kier molecular flexibility index (Phi) is 2.36. The average Bonchev–Trinajstić information content (AvgIpc) is 2.73. The predicted molar refractivity (Wildman–Crippen MR) is 52.0 cm³/mol. The molecule has 78 valence electrons. The van der Waals surface area contributed by atoms with E-state index in [9.17, 15) is 8.42 Å². The molecule has 2 heterocycles. The summed E-state index contributed by atoms with van der Waals surface area (Å²) >= 11 is 0. The van der Waals surface area contributed by atoms with E-state index in [1.54, 1.807) is 6.07 Å². The minimum atomic E-state index is -3.20. The zero-order chi connectivity index (χ0) is 10.2. The van der Waals surface area contributed by atoms with Gasteiger partial charge in [-0.1, -0.05) is 0 Å². The quantitative estimate of drug-likeness (QED) is 0.791. The van der Waals surface area contributed by atoms with Gasteiger partial charge >= 0.3 is 0 Å². The van der Waals surface area contributed by atoms with Gasteiger partial charge in [0.15, 0.2) is 0 Å². The van der Waals surface area contributed by atoms with Gasteiger partial charge in [-0.15, -0.1) is 0 Å². The highest BCUT2D eigenvalue weighted by molar-refractivity contribution is 7.90. The lowest BCUT2D eigenvalue weighted by molar-refractivity contribution is 0.395. The topological polar surface area (TPSA) is 59.3 Å². The maximum Gasteiger partial charge on any atom is 0.217 e. The minimum absolute atomic E-state index is 0.0689. The molecular weight excluding hydrogens is 202 g/mol. The molecule has 1 aromatic heterocycles. The van der Waals surface area contributed by atoms with Gasteiger partial charge in [0.05, 0.1) is 0 Å². The van der Waals surface area contributed by atoms with E-state index < -0.39 is 9.84 Å². The molecule has 0 saturated carbocycles. The van der Waals surface area contributed by atoms with E-state index >= 15 is 0 Å². The average molecular weight is 215 g/mol. The highest BCUT2D eigenvalue weighted by Gasteiger charge is 2.21. The lowest BCUT2D eigenvalue weighted by Gasteiger charge is -2.02.